The maximum absolute atomic E-state index is 14.0. The lowest BCUT2D eigenvalue weighted by atomic mass is 10.1. The minimum absolute atomic E-state index is 0.172. The Hall–Kier alpha value is -1.26. The number of methoxy groups -OCH3 is 1. The summed E-state index contributed by atoms with van der Waals surface area (Å²) in [5.74, 6) is 0.213. The standard InChI is InChI=1S/C15H14BrClFNO/c1-9(12-5-4-11(20-2)8-15(12)18)19-10-3-6-14(17)13(16)7-10/h3-9,19H,1-2H3. The zero-order valence-corrected chi connectivity index (χ0v) is 13.4. The van der Waals surface area contributed by atoms with Crippen molar-refractivity contribution in [3.63, 3.8) is 0 Å². The minimum Gasteiger partial charge on any atom is -0.497 e. The topological polar surface area (TPSA) is 21.3 Å². The number of anilines is 1. The molecule has 1 atom stereocenters. The summed E-state index contributed by atoms with van der Waals surface area (Å²) in [4.78, 5) is 0. The smallest absolute Gasteiger partial charge is 0.132 e. The molecule has 20 heavy (non-hydrogen) atoms. The number of hydrogen-bond donors (Lipinski definition) is 1. The van der Waals surface area contributed by atoms with Crippen LogP contribution < -0.4 is 10.1 Å². The third kappa shape index (κ3) is 3.44. The fourth-order valence-electron chi connectivity index (χ4n) is 1.90. The Balaban J connectivity index is 2.19. The molecule has 0 saturated carbocycles. The first-order chi connectivity index (χ1) is 9.51. The number of halogens is 3. The Morgan fingerprint density at radius 1 is 1.25 bits per heavy atom. The van der Waals surface area contributed by atoms with Crippen molar-refractivity contribution in [2.45, 2.75) is 13.0 Å². The molecule has 2 nitrogen and oxygen atoms in total. The third-order valence-corrected chi connectivity index (χ3v) is 4.19. The highest BCUT2D eigenvalue weighted by Gasteiger charge is 2.12. The van der Waals surface area contributed by atoms with Crippen molar-refractivity contribution in [3.05, 3.63) is 57.3 Å². The number of ether oxygens (including phenoxy) is 1. The van der Waals surface area contributed by atoms with Gasteiger partial charge >= 0.3 is 0 Å². The third-order valence-electron chi connectivity index (χ3n) is 2.98. The van der Waals surface area contributed by atoms with E-state index < -0.39 is 0 Å². The maximum Gasteiger partial charge on any atom is 0.132 e. The van der Waals surface area contributed by atoms with Gasteiger partial charge in [-0.1, -0.05) is 17.7 Å². The van der Waals surface area contributed by atoms with E-state index >= 15 is 0 Å². The molecule has 2 rings (SSSR count). The summed E-state index contributed by atoms with van der Waals surface area (Å²) in [6.45, 7) is 1.90. The second kappa shape index (κ2) is 6.46. The first kappa shape index (κ1) is 15.1. The van der Waals surface area contributed by atoms with Crippen molar-refractivity contribution in [3.8, 4) is 5.75 Å². The second-order valence-corrected chi connectivity index (χ2v) is 5.64. The zero-order valence-electron chi connectivity index (χ0n) is 11.1. The average molecular weight is 359 g/mol. The van der Waals surface area contributed by atoms with E-state index in [-0.39, 0.29) is 11.9 Å². The second-order valence-electron chi connectivity index (χ2n) is 4.38. The average Bonchev–Trinajstić information content (AvgIpc) is 2.42. The lowest BCUT2D eigenvalue weighted by molar-refractivity contribution is 0.410. The van der Waals surface area contributed by atoms with Gasteiger partial charge in [-0.05, 0) is 47.1 Å². The molecule has 0 bridgehead atoms. The van der Waals surface area contributed by atoms with Crippen molar-refractivity contribution >= 4 is 33.2 Å². The van der Waals surface area contributed by atoms with Crippen LogP contribution >= 0.6 is 27.5 Å². The van der Waals surface area contributed by atoms with Gasteiger partial charge in [0.05, 0.1) is 18.2 Å². The summed E-state index contributed by atoms with van der Waals surface area (Å²) >= 11 is 9.31. The van der Waals surface area contributed by atoms with Crippen molar-refractivity contribution in [2.75, 3.05) is 12.4 Å². The molecular formula is C15H14BrClFNO. The fourth-order valence-corrected chi connectivity index (χ4v) is 2.40. The molecule has 1 unspecified atom stereocenters. The number of nitrogens with one attached hydrogen (secondary N) is 1. The van der Waals surface area contributed by atoms with E-state index in [9.17, 15) is 4.39 Å². The van der Waals surface area contributed by atoms with E-state index in [1.165, 1.54) is 13.2 Å². The highest BCUT2D eigenvalue weighted by molar-refractivity contribution is 9.10. The molecule has 2 aromatic rings. The molecule has 0 spiro atoms. The van der Waals surface area contributed by atoms with Crippen LogP contribution in [0.3, 0.4) is 0 Å². The van der Waals surface area contributed by atoms with Crippen LogP contribution in [-0.2, 0) is 0 Å². The molecule has 0 aliphatic heterocycles. The fraction of sp³-hybridized carbons (Fsp3) is 0.200. The highest BCUT2D eigenvalue weighted by atomic mass is 79.9. The Morgan fingerprint density at radius 3 is 2.60 bits per heavy atom. The molecule has 1 N–H and O–H groups in total. The monoisotopic (exact) mass is 357 g/mol. The summed E-state index contributed by atoms with van der Waals surface area (Å²) in [6, 6.07) is 10.2. The molecule has 0 saturated heterocycles. The number of rotatable bonds is 4. The van der Waals surface area contributed by atoms with Gasteiger partial charge in [-0.15, -0.1) is 0 Å². The first-order valence-corrected chi connectivity index (χ1v) is 7.23. The highest BCUT2D eigenvalue weighted by Crippen LogP contribution is 2.29. The summed E-state index contributed by atoms with van der Waals surface area (Å²) in [6.07, 6.45) is 0. The predicted octanol–water partition coefficient (Wildman–Crippen LogP) is 5.42. The van der Waals surface area contributed by atoms with Crippen LogP contribution in [0.25, 0.3) is 0 Å². The number of hydrogen-bond acceptors (Lipinski definition) is 2. The molecule has 0 heterocycles. The van der Waals surface area contributed by atoms with E-state index in [2.05, 4.69) is 21.2 Å². The van der Waals surface area contributed by atoms with Gasteiger partial charge in [0.15, 0.2) is 0 Å². The van der Waals surface area contributed by atoms with Crippen LogP contribution in [0, 0.1) is 5.82 Å². The van der Waals surface area contributed by atoms with E-state index in [1.807, 2.05) is 19.1 Å². The van der Waals surface area contributed by atoms with Crippen molar-refractivity contribution in [1.82, 2.24) is 0 Å². The largest absolute Gasteiger partial charge is 0.497 e. The molecule has 0 fully saturated rings. The molecule has 0 amide bonds. The van der Waals surface area contributed by atoms with Gasteiger partial charge in [0.2, 0.25) is 0 Å². The molecule has 5 heteroatoms. The number of benzene rings is 2. The Kier molecular flexibility index (Phi) is 4.89. The van der Waals surface area contributed by atoms with E-state index in [0.29, 0.717) is 16.3 Å². The summed E-state index contributed by atoms with van der Waals surface area (Å²) in [5.41, 5.74) is 1.45. The maximum atomic E-state index is 14.0. The van der Waals surface area contributed by atoms with E-state index in [1.54, 1.807) is 18.2 Å². The lowest BCUT2D eigenvalue weighted by Crippen LogP contribution is -2.08. The molecule has 0 aromatic heterocycles. The van der Waals surface area contributed by atoms with Crippen LogP contribution in [0.4, 0.5) is 10.1 Å². The van der Waals surface area contributed by atoms with Crippen LogP contribution in [0.15, 0.2) is 40.9 Å². The van der Waals surface area contributed by atoms with Crippen LogP contribution in [0.2, 0.25) is 5.02 Å². The van der Waals surface area contributed by atoms with Gasteiger partial charge in [0.1, 0.15) is 11.6 Å². The quantitative estimate of drug-likeness (QED) is 0.787. The molecular weight excluding hydrogens is 345 g/mol. The SMILES string of the molecule is COc1ccc(C(C)Nc2ccc(Cl)c(Br)c2)c(F)c1. The predicted molar refractivity (Wildman–Crippen MR) is 84.1 cm³/mol. The summed E-state index contributed by atoms with van der Waals surface area (Å²) < 4.78 is 19.8. The molecule has 0 aliphatic rings. The van der Waals surface area contributed by atoms with Gasteiger partial charge in [-0.25, -0.2) is 4.39 Å². The summed E-state index contributed by atoms with van der Waals surface area (Å²) in [7, 11) is 1.52. The van der Waals surface area contributed by atoms with Crippen molar-refractivity contribution in [2.24, 2.45) is 0 Å². The molecule has 2 aromatic carbocycles. The lowest BCUT2D eigenvalue weighted by Gasteiger charge is -2.17. The van der Waals surface area contributed by atoms with Crippen LogP contribution in [0.1, 0.15) is 18.5 Å². The first-order valence-electron chi connectivity index (χ1n) is 6.06. The van der Waals surface area contributed by atoms with Crippen molar-refractivity contribution < 1.29 is 9.13 Å². The van der Waals surface area contributed by atoms with Gasteiger partial charge < -0.3 is 10.1 Å². The normalized spacial score (nSPS) is 12.1. The Morgan fingerprint density at radius 2 is 2.00 bits per heavy atom. The van der Waals surface area contributed by atoms with Gasteiger partial charge in [0.25, 0.3) is 0 Å². The van der Waals surface area contributed by atoms with Crippen molar-refractivity contribution in [1.29, 1.82) is 0 Å². The van der Waals surface area contributed by atoms with Gasteiger partial charge in [-0.3, -0.25) is 0 Å². The minimum atomic E-state index is -0.294. The molecule has 0 aliphatic carbocycles. The Labute approximate surface area is 131 Å². The van der Waals surface area contributed by atoms with Gasteiger partial charge in [0, 0.05) is 21.8 Å². The van der Waals surface area contributed by atoms with Crippen LogP contribution in [0.5, 0.6) is 5.75 Å². The molecule has 0 radical (unpaired) electrons. The Bertz CT molecular complexity index is 621. The van der Waals surface area contributed by atoms with Gasteiger partial charge in [-0.2, -0.15) is 0 Å². The van der Waals surface area contributed by atoms with E-state index in [0.717, 1.165) is 10.2 Å². The van der Waals surface area contributed by atoms with Crippen LogP contribution in [-0.4, -0.2) is 7.11 Å². The zero-order chi connectivity index (χ0) is 14.7. The summed E-state index contributed by atoms with van der Waals surface area (Å²) in [5, 5.41) is 3.87. The molecule has 106 valence electrons. The van der Waals surface area contributed by atoms with E-state index in [4.69, 9.17) is 16.3 Å².